The van der Waals surface area contributed by atoms with Crippen molar-refractivity contribution in [3.8, 4) is 0 Å². The van der Waals surface area contributed by atoms with Crippen molar-refractivity contribution in [2.75, 3.05) is 6.61 Å². The monoisotopic (exact) mass is 173 g/mol. The second-order valence-corrected chi connectivity index (χ2v) is 2.63. The number of benzene rings is 1. The van der Waals surface area contributed by atoms with Crippen LogP contribution >= 0.6 is 11.6 Å². The summed E-state index contributed by atoms with van der Waals surface area (Å²) in [5, 5.41) is 10.5. The molecule has 59 valence electrons. The Labute approximate surface area is 69.4 Å². The van der Waals surface area contributed by atoms with Gasteiger partial charge < -0.3 is 0 Å². The van der Waals surface area contributed by atoms with E-state index in [9.17, 15) is 9.50 Å². The van der Waals surface area contributed by atoms with Gasteiger partial charge in [-0.05, 0) is 17.7 Å². The molecule has 0 unspecified atom stereocenters. The van der Waals surface area contributed by atoms with Crippen LogP contribution in [0.1, 0.15) is 5.56 Å². The molecule has 1 aromatic carbocycles. The molecule has 0 fully saturated rings. The van der Waals surface area contributed by atoms with Gasteiger partial charge in [0.15, 0.2) is 0 Å². The van der Waals surface area contributed by atoms with Gasteiger partial charge in [-0.1, -0.05) is 17.7 Å². The predicted molar refractivity (Wildman–Crippen MR) is 40.7 cm³/mol. The second-order valence-electron chi connectivity index (χ2n) is 2.19. The summed E-state index contributed by atoms with van der Waals surface area (Å²) in [5.41, 5.74) is 0.435. The predicted octanol–water partition coefficient (Wildman–Crippen LogP) is 2.45. The van der Waals surface area contributed by atoms with Gasteiger partial charge in [0.2, 0.25) is 0 Å². The molecule has 0 saturated carbocycles. The molecule has 0 aliphatic carbocycles. The van der Waals surface area contributed by atoms with E-state index in [-0.39, 0.29) is 13.0 Å². The van der Waals surface area contributed by atoms with E-state index in [1.165, 1.54) is 12.1 Å². The molecule has 0 atom stereocenters. The molecule has 1 nitrogen and oxygen atoms in total. The van der Waals surface area contributed by atoms with Crippen LogP contribution in [-0.2, 0) is 11.5 Å². The quantitative estimate of drug-likeness (QED) is 0.655. The maximum absolute atomic E-state index is 12.8. The molecule has 1 aromatic rings. The van der Waals surface area contributed by atoms with E-state index < -0.39 is 5.82 Å². The Bertz CT molecular complexity index is 250. The van der Waals surface area contributed by atoms with Crippen molar-refractivity contribution in [2.45, 2.75) is 6.42 Å². The standard InChI is InChI=1S/C8H7ClFO/c9-7-2-1-6(3-4-11)8(10)5-7/h1-2,5H,3-4H2. The highest BCUT2D eigenvalue weighted by molar-refractivity contribution is 6.30. The normalized spacial score (nSPS) is 10.1. The lowest BCUT2D eigenvalue weighted by Crippen LogP contribution is -1.92. The summed E-state index contributed by atoms with van der Waals surface area (Å²) in [4.78, 5) is 0. The smallest absolute Gasteiger partial charge is 0.127 e. The molecule has 0 saturated heterocycles. The Morgan fingerprint density at radius 3 is 2.73 bits per heavy atom. The van der Waals surface area contributed by atoms with Gasteiger partial charge in [0.05, 0.1) is 6.61 Å². The molecule has 0 aliphatic heterocycles. The molecule has 0 aliphatic rings. The zero-order valence-corrected chi connectivity index (χ0v) is 6.57. The van der Waals surface area contributed by atoms with Crippen LogP contribution < -0.4 is 0 Å². The summed E-state index contributed by atoms with van der Waals surface area (Å²) in [6.07, 6.45) is 0.225. The molecule has 0 aromatic heterocycles. The molecule has 0 spiro atoms. The van der Waals surface area contributed by atoms with E-state index in [0.29, 0.717) is 10.6 Å². The lowest BCUT2D eigenvalue weighted by atomic mass is 10.1. The Kier molecular flexibility index (Phi) is 2.85. The van der Waals surface area contributed by atoms with Crippen LogP contribution in [0.15, 0.2) is 18.2 Å². The van der Waals surface area contributed by atoms with E-state index in [1.807, 2.05) is 0 Å². The fraction of sp³-hybridized carbons (Fsp3) is 0.250. The van der Waals surface area contributed by atoms with Crippen molar-refractivity contribution in [1.29, 1.82) is 0 Å². The highest BCUT2D eigenvalue weighted by atomic mass is 35.5. The lowest BCUT2D eigenvalue weighted by Gasteiger charge is -1.98. The van der Waals surface area contributed by atoms with E-state index in [0.717, 1.165) is 0 Å². The summed E-state index contributed by atoms with van der Waals surface area (Å²) in [6.45, 7) is -0.293. The topological polar surface area (TPSA) is 19.9 Å². The SMILES string of the molecule is [O]CCc1ccc(Cl)cc1F. The lowest BCUT2D eigenvalue weighted by molar-refractivity contribution is 0.196. The minimum Gasteiger partial charge on any atom is -0.236 e. The molecule has 0 bridgehead atoms. The highest BCUT2D eigenvalue weighted by Gasteiger charge is 2.01. The van der Waals surface area contributed by atoms with Crippen molar-refractivity contribution >= 4 is 11.6 Å². The second kappa shape index (κ2) is 3.69. The third-order valence-corrected chi connectivity index (χ3v) is 1.62. The minimum atomic E-state index is -0.395. The van der Waals surface area contributed by atoms with Crippen molar-refractivity contribution in [3.63, 3.8) is 0 Å². The van der Waals surface area contributed by atoms with Crippen molar-refractivity contribution < 1.29 is 9.50 Å². The summed E-state index contributed by atoms with van der Waals surface area (Å²) < 4.78 is 12.8. The molecule has 0 N–H and O–H groups in total. The first-order valence-corrected chi connectivity index (χ1v) is 3.64. The fourth-order valence-corrected chi connectivity index (χ4v) is 0.993. The van der Waals surface area contributed by atoms with Gasteiger partial charge in [-0.15, -0.1) is 0 Å². The number of hydrogen-bond acceptors (Lipinski definition) is 0. The van der Waals surface area contributed by atoms with Gasteiger partial charge in [-0.25, -0.2) is 9.50 Å². The van der Waals surface area contributed by atoms with Gasteiger partial charge in [0.25, 0.3) is 0 Å². The van der Waals surface area contributed by atoms with E-state index in [1.54, 1.807) is 6.07 Å². The molecule has 1 radical (unpaired) electrons. The third-order valence-electron chi connectivity index (χ3n) is 1.39. The van der Waals surface area contributed by atoms with Gasteiger partial charge in [-0.3, -0.25) is 0 Å². The average molecular weight is 174 g/mol. The van der Waals surface area contributed by atoms with Crippen molar-refractivity contribution in [2.24, 2.45) is 0 Å². The molecule has 11 heavy (non-hydrogen) atoms. The van der Waals surface area contributed by atoms with E-state index in [2.05, 4.69) is 0 Å². The zero-order valence-electron chi connectivity index (χ0n) is 5.81. The molecule has 1 rings (SSSR count). The Morgan fingerprint density at radius 1 is 1.45 bits per heavy atom. The van der Waals surface area contributed by atoms with E-state index >= 15 is 0 Å². The average Bonchev–Trinajstić information content (AvgIpc) is 1.95. The first-order chi connectivity index (χ1) is 5.24. The van der Waals surface area contributed by atoms with E-state index in [4.69, 9.17) is 11.6 Å². The third kappa shape index (κ3) is 2.17. The Hall–Kier alpha value is -0.600. The maximum atomic E-state index is 12.8. The van der Waals surface area contributed by atoms with Crippen LogP contribution in [0.2, 0.25) is 5.02 Å². The molecule has 0 amide bonds. The number of halogens is 2. The minimum absolute atomic E-state index is 0.225. The zero-order chi connectivity index (χ0) is 8.27. The largest absolute Gasteiger partial charge is 0.236 e. The van der Waals surface area contributed by atoms with Crippen LogP contribution in [-0.4, -0.2) is 6.61 Å². The summed E-state index contributed by atoms with van der Waals surface area (Å²) in [5.74, 6) is -0.395. The molecule has 0 heterocycles. The van der Waals surface area contributed by atoms with Crippen LogP contribution in [0.5, 0.6) is 0 Å². The summed E-state index contributed by atoms with van der Waals surface area (Å²) in [7, 11) is 0. The van der Waals surface area contributed by atoms with Gasteiger partial charge in [0.1, 0.15) is 5.82 Å². The molecule has 3 heteroatoms. The number of hydrogen-bond donors (Lipinski definition) is 0. The fourth-order valence-electron chi connectivity index (χ4n) is 0.834. The van der Waals surface area contributed by atoms with Gasteiger partial charge in [0, 0.05) is 11.4 Å². The maximum Gasteiger partial charge on any atom is 0.127 e. The molecular formula is C8H7ClFO. The van der Waals surface area contributed by atoms with Crippen LogP contribution in [0.3, 0.4) is 0 Å². The first kappa shape index (κ1) is 8.50. The van der Waals surface area contributed by atoms with Gasteiger partial charge in [-0.2, -0.15) is 0 Å². The van der Waals surface area contributed by atoms with Crippen LogP contribution in [0.25, 0.3) is 0 Å². The summed E-state index contributed by atoms with van der Waals surface area (Å²) >= 11 is 5.50. The van der Waals surface area contributed by atoms with Crippen LogP contribution in [0.4, 0.5) is 4.39 Å². The van der Waals surface area contributed by atoms with Gasteiger partial charge >= 0.3 is 0 Å². The van der Waals surface area contributed by atoms with Crippen molar-refractivity contribution in [3.05, 3.63) is 34.6 Å². The number of rotatable bonds is 2. The first-order valence-electron chi connectivity index (χ1n) is 3.26. The molecular weight excluding hydrogens is 167 g/mol. The Balaban J connectivity index is 2.90. The summed E-state index contributed by atoms with van der Waals surface area (Å²) in [6, 6.07) is 4.33. The van der Waals surface area contributed by atoms with Crippen molar-refractivity contribution in [1.82, 2.24) is 0 Å². The van der Waals surface area contributed by atoms with Crippen LogP contribution in [0, 0.1) is 5.82 Å². The Morgan fingerprint density at radius 2 is 2.18 bits per heavy atom. The highest BCUT2D eigenvalue weighted by Crippen LogP contribution is 2.14.